The molecule has 1 N–H and O–H groups in total. The first-order chi connectivity index (χ1) is 11.6. The van der Waals surface area contributed by atoms with Crippen molar-refractivity contribution in [3.05, 3.63) is 36.7 Å². The van der Waals surface area contributed by atoms with Crippen molar-refractivity contribution in [1.29, 1.82) is 0 Å². The predicted molar refractivity (Wildman–Crippen MR) is 92.0 cm³/mol. The van der Waals surface area contributed by atoms with E-state index in [9.17, 15) is 4.79 Å². The minimum absolute atomic E-state index is 0.117. The molecular formula is C16H18N4O3S. The first kappa shape index (κ1) is 18.0. The van der Waals surface area contributed by atoms with Gasteiger partial charge in [0.25, 0.3) is 0 Å². The Balaban J connectivity index is 1.79. The number of aliphatic hydroxyl groups excluding tert-OH is 1. The van der Waals surface area contributed by atoms with Crippen molar-refractivity contribution in [3.63, 3.8) is 0 Å². The topological polar surface area (TPSA) is 97.6 Å². The quantitative estimate of drug-likeness (QED) is 0.255. The van der Waals surface area contributed by atoms with Crippen molar-refractivity contribution in [2.75, 3.05) is 18.9 Å². The van der Waals surface area contributed by atoms with Crippen molar-refractivity contribution in [2.45, 2.75) is 18.2 Å². The lowest BCUT2D eigenvalue weighted by molar-refractivity contribution is -0.140. The average Bonchev–Trinajstić information content (AvgIpc) is 2.60. The van der Waals surface area contributed by atoms with Crippen LogP contribution >= 0.6 is 11.8 Å². The molecule has 1 unspecified atom stereocenters. The molecular weight excluding hydrogens is 328 g/mol. The minimum atomic E-state index is -0.597. The molecule has 2 aromatic heterocycles. The number of rotatable bonds is 8. The fraction of sp³-hybridized carbons (Fsp3) is 0.312. The number of carbonyl (C=O) groups is 1. The number of esters is 1. The van der Waals surface area contributed by atoms with Crippen molar-refractivity contribution in [1.82, 2.24) is 15.0 Å². The third-order valence-electron chi connectivity index (χ3n) is 2.68. The summed E-state index contributed by atoms with van der Waals surface area (Å²) in [7, 11) is 0. The van der Waals surface area contributed by atoms with Gasteiger partial charge >= 0.3 is 5.97 Å². The number of aliphatic hydroxyl groups is 1. The van der Waals surface area contributed by atoms with Crippen LogP contribution in [0.2, 0.25) is 0 Å². The highest BCUT2D eigenvalue weighted by Gasteiger charge is 2.08. The number of carbonyl (C=O) groups excluding carboxylic acids is 1. The van der Waals surface area contributed by atoms with Crippen molar-refractivity contribution in [2.24, 2.45) is 4.99 Å². The molecule has 8 heteroatoms. The smallest absolute Gasteiger partial charge is 0.316 e. The van der Waals surface area contributed by atoms with Gasteiger partial charge in [-0.15, -0.1) is 0 Å². The molecule has 0 aliphatic carbocycles. The summed E-state index contributed by atoms with van der Waals surface area (Å²) in [6.45, 7) is 2.11. The molecule has 126 valence electrons. The maximum absolute atomic E-state index is 11.7. The van der Waals surface area contributed by atoms with Gasteiger partial charge < -0.3 is 9.84 Å². The molecule has 0 aliphatic heterocycles. The molecule has 0 aliphatic rings. The van der Waals surface area contributed by atoms with Crippen molar-refractivity contribution < 1.29 is 14.6 Å². The molecule has 0 amide bonds. The van der Waals surface area contributed by atoms with Gasteiger partial charge in [-0.05, 0) is 25.1 Å². The van der Waals surface area contributed by atoms with Crippen LogP contribution in [-0.4, -0.2) is 57.3 Å². The number of hydrogen-bond acceptors (Lipinski definition) is 8. The van der Waals surface area contributed by atoms with Crippen molar-refractivity contribution in [3.8, 4) is 11.4 Å². The van der Waals surface area contributed by atoms with Gasteiger partial charge in [0.15, 0.2) is 5.16 Å². The van der Waals surface area contributed by atoms with Gasteiger partial charge in [0, 0.05) is 18.6 Å². The van der Waals surface area contributed by atoms with Crippen LogP contribution in [0, 0.1) is 0 Å². The molecule has 24 heavy (non-hydrogen) atoms. The number of nitrogens with zero attached hydrogens (tertiary/aromatic N) is 4. The zero-order valence-electron chi connectivity index (χ0n) is 13.2. The monoisotopic (exact) mass is 346 g/mol. The van der Waals surface area contributed by atoms with E-state index in [4.69, 9.17) is 9.84 Å². The molecule has 0 radical (unpaired) electrons. The van der Waals surface area contributed by atoms with E-state index in [-0.39, 0.29) is 18.3 Å². The largest absolute Gasteiger partial charge is 0.463 e. The van der Waals surface area contributed by atoms with E-state index in [1.165, 1.54) is 18.0 Å². The lowest BCUT2D eigenvalue weighted by atomic mass is 10.3. The van der Waals surface area contributed by atoms with Crippen LogP contribution in [0.1, 0.15) is 6.92 Å². The van der Waals surface area contributed by atoms with E-state index in [0.29, 0.717) is 17.4 Å². The Bertz CT molecular complexity index is 680. The summed E-state index contributed by atoms with van der Waals surface area (Å²) in [5.74, 6) is -0.245. The Hall–Kier alpha value is -2.32. The van der Waals surface area contributed by atoms with E-state index >= 15 is 0 Å². The second-order valence-corrected chi connectivity index (χ2v) is 5.69. The van der Waals surface area contributed by atoms with E-state index in [1.807, 2.05) is 18.2 Å². The molecule has 0 aromatic carbocycles. The minimum Gasteiger partial charge on any atom is -0.463 e. The molecule has 0 saturated carbocycles. The van der Waals surface area contributed by atoms with Gasteiger partial charge in [-0.25, -0.2) is 9.97 Å². The van der Waals surface area contributed by atoms with Crippen LogP contribution in [0.5, 0.6) is 0 Å². The lowest BCUT2D eigenvalue weighted by Crippen LogP contribution is -2.11. The van der Waals surface area contributed by atoms with E-state index in [1.54, 1.807) is 25.4 Å². The third kappa shape index (κ3) is 6.43. The second kappa shape index (κ2) is 9.74. The Morgan fingerprint density at radius 3 is 2.96 bits per heavy atom. The Labute approximate surface area is 144 Å². The molecule has 2 heterocycles. The van der Waals surface area contributed by atoms with Crippen LogP contribution in [0.4, 0.5) is 0 Å². The van der Waals surface area contributed by atoms with Gasteiger partial charge in [-0.1, -0.05) is 17.8 Å². The zero-order chi connectivity index (χ0) is 17.2. The fourth-order valence-electron chi connectivity index (χ4n) is 1.67. The summed E-state index contributed by atoms with van der Waals surface area (Å²) >= 11 is 1.20. The number of pyridine rings is 1. The normalized spacial score (nSPS) is 12.2. The van der Waals surface area contributed by atoms with Crippen LogP contribution in [0.25, 0.3) is 11.4 Å². The highest BCUT2D eigenvalue weighted by molar-refractivity contribution is 7.99. The summed E-state index contributed by atoms with van der Waals surface area (Å²) in [6.07, 6.45) is 4.14. The zero-order valence-corrected chi connectivity index (χ0v) is 14.0. The first-order valence-corrected chi connectivity index (χ1v) is 8.34. The third-order valence-corrected chi connectivity index (χ3v) is 3.52. The van der Waals surface area contributed by atoms with Crippen LogP contribution in [0.15, 0.2) is 46.8 Å². The van der Waals surface area contributed by atoms with Gasteiger partial charge in [0.2, 0.25) is 0 Å². The van der Waals surface area contributed by atoms with Crippen molar-refractivity contribution >= 4 is 23.9 Å². The molecule has 2 aromatic rings. The van der Waals surface area contributed by atoms with E-state index < -0.39 is 6.10 Å². The van der Waals surface area contributed by atoms with Gasteiger partial charge in [0.1, 0.15) is 6.61 Å². The molecule has 2 rings (SSSR count). The van der Waals surface area contributed by atoms with E-state index in [2.05, 4.69) is 19.9 Å². The molecule has 7 nitrogen and oxygen atoms in total. The molecule has 1 atom stereocenters. The van der Waals surface area contributed by atoms with E-state index in [0.717, 1.165) is 5.69 Å². The fourth-order valence-corrected chi connectivity index (χ4v) is 2.30. The van der Waals surface area contributed by atoms with Crippen LogP contribution in [0.3, 0.4) is 0 Å². The number of hydrogen-bond donors (Lipinski definition) is 1. The van der Waals surface area contributed by atoms with Gasteiger partial charge in [0.05, 0.1) is 29.8 Å². The lowest BCUT2D eigenvalue weighted by Gasteiger charge is -2.04. The van der Waals surface area contributed by atoms with Gasteiger partial charge in [-0.2, -0.15) is 0 Å². The molecule has 0 saturated heterocycles. The Kier molecular flexibility index (Phi) is 7.31. The Morgan fingerprint density at radius 1 is 1.33 bits per heavy atom. The summed E-state index contributed by atoms with van der Waals surface area (Å²) in [4.78, 5) is 28.3. The maximum Gasteiger partial charge on any atom is 0.316 e. The summed E-state index contributed by atoms with van der Waals surface area (Å²) < 4.78 is 5.04. The van der Waals surface area contributed by atoms with Gasteiger partial charge in [-0.3, -0.25) is 14.8 Å². The molecule has 0 spiro atoms. The van der Waals surface area contributed by atoms with Crippen LogP contribution in [-0.2, 0) is 9.53 Å². The summed E-state index contributed by atoms with van der Waals surface area (Å²) in [6, 6.07) is 7.35. The highest BCUT2D eigenvalue weighted by Crippen LogP contribution is 2.18. The maximum atomic E-state index is 11.7. The Morgan fingerprint density at radius 2 is 2.21 bits per heavy atom. The standard InChI is InChI=1S/C16H18N4O3S/c1-12(21)10-17-8-9-23-15(22)11-24-16-19-7-5-14(20-16)13-4-2-3-6-18-13/h2-7,10,12,21H,8-9,11H2,1H3. The summed E-state index contributed by atoms with van der Waals surface area (Å²) in [5, 5.41) is 9.49. The molecule has 0 bridgehead atoms. The highest BCUT2D eigenvalue weighted by atomic mass is 32.2. The second-order valence-electron chi connectivity index (χ2n) is 4.74. The first-order valence-electron chi connectivity index (χ1n) is 7.36. The number of aromatic nitrogens is 3. The SMILES string of the molecule is CC(O)C=NCCOC(=O)CSc1nccc(-c2ccccn2)n1. The molecule has 0 fully saturated rings. The number of ether oxygens (including phenoxy) is 1. The van der Waals surface area contributed by atoms with Crippen LogP contribution < -0.4 is 0 Å². The predicted octanol–water partition coefficient (Wildman–Crippen LogP) is 1.63. The average molecular weight is 346 g/mol. The number of thioether (sulfide) groups is 1. The number of aliphatic imine (C=N–C) groups is 1. The summed E-state index contributed by atoms with van der Waals surface area (Å²) in [5.41, 5.74) is 1.45.